The minimum atomic E-state index is -1.27. The van der Waals surface area contributed by atoms with Crippen LogP contribution in [0.15, 0.2) is 25.0 Å². The van der Waals surface area contributed by atoms with Gasteiger partial charge in [-0.2, -0.15) is 12.6 Å². The minimum Gasteiger partial charge on any atom is -0.480 e. The Balaban J connectivity index is 2.03. The van der Waals surface area contributed by atoms with Crippen LogP contribution < -0.4 is 21.3 Å². The summed E-state index contributed by atoms with van der Waals surface area (Å²) in [6.07, 6.45) is 5.68. The SMILES string of the molecule is CC(=O)NCCC(=O)N[C@@H](Cc1cnc[nH]1)C(=O)N[C@@H](CS)C(=O)N[C@@H](Cc1cnc[nH]1)C(=O)O. The van der Waals surface area contributed by atoms with Gasteiger partial charge in [0.15, 0.2) is 0 Å². The van der Waals surface area contributed by atoms with Crippen LogP contribution in [-0.4, -0.2) is 85.1 Å². The van der Waals surface area contributed by atoms with Gasteiger partial charge in [-0.25, -0.2) is 14.8 Å². The zero-order valence-corrected chi connectivity index (χ0v) is 19.8. The summed E-state index contributed by atoms with van der Waals surface area (Å²) in [5, 5.41) is 19.4. The van der Waals surface area contributed by atoms with E-state index in [1.54, 1.807) is 0 Å². The number of thiol groups is 1. The van der Waals surface area contributed by atoms with E-state index in [1.807, 2.05) is 0 Å². The smallest absolute Gasteiger partial charge is 0.326 e. The first-order valence-electron chi connectivity index (χ1n) is 10.6. The van der Waals surface area contributed by atoms with Crippen LogP contribution in [0.4, 0.5) is 0 Å². The van der Waals surface area contributed by atoms with Crippen LogP contribution >= 0.6 is 12.6 Å². The molecule has 35 heavy (non-hydrogen) atoms. The van der Waals surface area contributed by atoms with Gasteiger partial charge < -0.3 is 36.3 Å². The molecule has 0 radical (unpaired) electrons. The van der Waals surface area contributed by atoms with Crippen LogP contribution in [0.5, 0.6) is 0 Å². The summed E-state index contributed by atoms with van der Waals surface area (Å²) in [6.45, 7) is 1.41. The van der Waals surface area contributed by atoms with Crippen molar-refractivity contribution in [2.45, 2.75) is 44.3 Å². The van der Waals surface area contributed by atoms with Crippen LogP contribution in [0.1, 0.15) is 24.7 Å². The van der Waals surface area contributed by atoms with Crippen molar-refractivity contribution in [3.05, 3.63) is 36.4 Å². The molecule has 2 aromatic heterocycles. The summed E-state index contributed by atoms with van der Waals surface area (Å²) >= 11 is 4.10. The van der Waals surface area contributed by atoms with Gasteiger partial charge in [0.25, 0.3) is 0 Å². The third-order valence-corrected chi connectivity index (χ3v) is 5.13. The summed E-state index contributed by atoms with van der Waals surface area (Å²) < 4.78 is 0. The van der Waals surface area contributed by atoms with Gasteiger partial charge in [-0.15, -0.1) is 0 Å². The number of aliphatic carboxylic acids is 1. The molecule has 3 atom stereocenters. The number of carbonyl (C=O) groups is 5. The highest BCUT2D eigenvalue weighted by atomic mass is 32.1. The lowest BCUT2D eigenvalue weighted by Crippen LogP contribution is -2.57. The van der Waals surface area contributed by atoms with E-state index < -0.39 is 41.8 Å². The summed E-state index contributed by atoms with van der Waals surface area (Å²) in [4.78, 5) is 73.8. The van der Waals surface area contributed by atoms with Crippen LogP contribution in [0.2, 0.25) is 0 Å². The Kier molecular flexibility index (Phi) is 10.7. The molecule has 14 nitrogen and oxygen atoms in total. The van der Waals surface area contributed by atoms with Crippen molar-refractivity contribution in [1.82, 2.24) is 41.2 Å². The number of nitrogens with zero attached hydrogens (tertiary/aromatic N) is 2. The van der Waals surface area contributed by atoms with E-state index in [2.05, 4.69) is 53.8 Å². The number of hydrogen-bond donors (Lipinski definition) is 8. The number of amides is 4. The number of H-pyrrole nitrogens is 2. The standard InChI is InChI=1S/C20H28N8O6S/c1-11(29)23-3-2-17(30)26-14(4-12-6-21-9-24-12)18(31)28-16(8-35)19(32)27-15(20(33)34)5-13-7-22-10-25-13/h6-7,9-10,14-16,35H,2-5,8H2,1H3,(H,21,24)(H,22,25)(H,23,29)(H,26,30)(H,27,32)(H,28,31)(H,33,34)/t14-,15-,16-/m0/s1. The Morgan fingerprint density at radius 2 is 1.46 bits per heavy atom. The van der Waals surface area contributed by atoms with Crippen molar-refractivity contribution >= 4 is 42.2 Å². The van der Waals surface area contributed by atoms with Crippen LogP contribution in [0.25, 0.3) is 0 Å². The van der Waals surface area contributed by atoms with E-state index in [1.165, 1.54) is 32.0 Å². The molecule has 0 aliphatic rings. The van der Waals surface area contributed by atoms with Gasteiger partial charge in [0.1, 0.15) is 18.1 Å². The summed E-state index contributed by atoms with van der Waals surface area (Å²) in [5.41, 5.74) is 1.07. The molecule has 0 spiro atoms. The first-order valence-corrected chi connectivity index (χ1v) is 11.3. The topological polar surface area (TPSA) is 211 Å². The number of hydrogen-bond acceptors (Lipinski definition) is 8. The molecule has 4 amide bonds. The second-order valence-corrected chi connectivity index (χ2v) is 7.92. The molecule has 2 rings (SSSR count). The molecule has 7 N–H and O–H groups in total. The predicted octanol–water partition coefficient (Wildman–Crippen LogP) is -2.09. The van der Waals surface area contributed by atoms with Gasteiger partial charge in [0.05, 0.1) is 12.7 Å². The van der Waals surface area contributed by atoms with E-state index >= 15 is 0 Å². The number of carbonyl (C=O) groups excluding carboxylic acids is 4. The number of carboxylic acids is 1. The third-order valence-electron chi connectivity index (χ3n) is 4.77. The first-order chi connectivity index (χ1) is 16.7. The molecular formula is C20H28N8O6S. The number of aromatic nitrogens is 4. The van der Waals surface area contributed by atoms with Crippen LogP contribution in [0, 0.1) is 0 Å². The van der Waals surface area contributed by atoms with Crippen LogP contribution in [-0.2, 0) is 36.8 Å². The zero-order valence-electron chi connectivity index (χ0n) is 18.9. The number of carboxylic acid groups (broad SMARTS) is 1. The van der Waals surface area contributed by atoms with Crippen molar-refractivity contribution in [2.24, 2.45) is 0 Å². The van der Waals surface area contributed by atoms with Crippen molar-refractivity contribution < 1.29 is 29.1 Å². The fourth-order valence-corrected chi connectivity index (χ4v) is 3.26. The predicted molar refractivity (Wildman–Crippen MR) is 125 cm³/mol. The van der Waals surface area contributed by atoms with Crippen LogP contribution in [0.3, 0.4) is 0 Å². The fraction of sp³-hybridized carbons (Fsp3) is 0.450. The lowest BCUT2D eigenvalue weighted by atomic mass is 10.1. The zero-order chi connectivity index (χ0) is 25.8. The second kappa shape index (κ2) is 13.7. The molecule has 0 fully saturated rings. The Morgan fingerprint density at radius 3 is 1.94 bits per heavy atom. The Labute approximate surface area is 205 Å². The molecule has 0 bridgehead atoms. The highest BCUT2D eigenvalue weighted by molar-refractivity contribution is 7.80. The maximum Gasteiger partial charge on any atom is 0.326 e. The molecule has 2 heterocycles. The molecule has 15 heteroatoms. The quantitative estimate of drug-likeness (QED) is 0.132. The van der Waals surface area contributed by atoms with E-state index in [0.717, 1.165) is 0 Å². The van der Waals surface area contributed by atoms with E-state index in [4.69, 9.17) is 0 Å². The summed E-state index contributed by atoms with van der Waals surface area (Å²) in [6, 6.07) is -3.51. The van der Waals surface area contributed by atoms with Crippen molar-refractivity contribution in [3.63, 3.8) is 0 Å². The number of aromatic amines is 2. The van der Waals surface area contributed by atoms with Crippen molar-refractivity contribution in [2.75, 3.05) is 12.3 Å². The normalized spacial score (nSPS) is 13.2. The highest BCUT2D eigenvalue weighted by Crippen LogP contribution is 2.03. The Hall–Kier alpha value is -3.88. The fourth-order valence-electron chi connectivity index (χ4n) is 3.00. The van der Waals surface area contributed by atoms with Gasteiger partial charge in [-0.1, -0.05) is 0 Å². The maximum atomic E-state index is 13.0. The molecule has 0 saturated carbocycles. The number of rotatable bonds is 14. The molecule has 0 aromatic carbocycles. The van der Waals surface area contributed by atoms with Crippen molar-refractivity contribution in [1.29, 1.82) is 0 Å². The molecule has 0 saturated heterocycles. The minimum absolute atomic E-state index is 0.0406. The lowest BCUT2D eigenvalue weighted by molar-refractivity contribution is -0.142. The Bertz CT molecular complexity index is 997. The highest BCUT2D eigenvalue weighted by Gasteiger charge is 2.29. The molecule has 190 valence electrons. The average Bonchev–Trinajstić information content (AvgIpc) is 3.50. The van der Waals surface area contributed by atoms with E-state index in [0.29, 0.717) is 11.4 Å². The van der Waals surface area contributed by atoms with Crippen molar-refractivity contribution in [3.8, 4) is 0 Å². The molecule has 0 aliphatic carbocycles. The lowest BCUT2D eigenvalue weighted by Gasteiger charge is -2.23. The van der Waals surface area contributed by atoms with Gasteiger partial charge in [0, 0.05) is 62.3 Å². The Morgan fingerprint density at radius 1 is 0.914 bits per heavy atom. The monoisotopic (exact) mass is 508 g/mol. The maximum absolute atomic E-state index is 13.0. The molecule has 0 aliphatic heterocycles. The van der Waals surface area contributed by atoms with E-state index in [-0.39, 0.29) is 37.5 Å². The number of nitrogens with one attached hydrogen (secondary N) is 6. The third kappa shape index (κ3) is 9.48. The molecular weight excluding hydrogens is 480 g/mol. The molecule has 0 unspecified atom stereocenters. The average molecular weight is 509 g/mol. The molecule has 2 aromatic rings. The largest absolute Gasteiger partial charge is 0.480 e. The number of imidazole rings is 2. The van der Waals surface area contributed by atoms with E-state index in [9.17, 15) is 29.1 Å². The summed E-state index contributed by atoms with van der Waals surface area (Å²) in [5.74, 6) is -3.60. The van der Waals surface area contributed by atoms with Gasteiger partial charge >= 0.3 is 5.97 Å². The van der Waals surface area contributed by atoms with Gasteiger partial charge in [-0.3, -0.25) is 19.2 Å². The second-order valence-electron chi connectivity index (χ2n) is 7.56. The first kappa shape index (κ1) is 27.4. The van der Waals surface area contributed by atoms with Gasteiger partial charge in [0.2, 0.25) is 23.6 Å². The summed E-state index contributed by atoms with van der Waals surface area (Å²) in [7, 11) is 0. The van der Waals surface area contributed by atoms with Gasteiger partial charge in [-0.05, 0) is 0 Å².